The predicted molar refractivity (Wildman–Crippen MR) is 129 cm³/mol. The largest absolute Gasteiger partial charge is 0.370 e. The smallest absolute Gasteiger partial charge is 0.267 e. The molecule has 0 aliphatic carbocycles. The molecule has 0 radical (unpaired) electrons. The number of guanidine groups is 2. The maximum Gasteiger partial charge on any atom is 0.267 e. The normalized spacial score (nSPS) is 16.2. The number of carbonyl (C=O) groups is 1. The summed E-state index contributed by atoms with van der Waals surface area (Å²) in [5.41, 5.74) is 15.2. The second kappa shape index (κ2) is 9.23. The molecule has 1 aromatic heterocycles. The van der Waals surface area contributed by atoms with Gasteiger partial charge in [0.1, 0.15) is 9.88 Å². The molecule has 2 aliphatic rings. The van der Waals surface area contributed by atoms with Crippen molar-refractivity contribution in [3.05, 3.63) is 58.1 Å². The molecule has 3 heterocycles. The summed E-state index contributed by atoms with van der Waals surface area (Å²) < 4.78 is 0. The van der Waals surface area contributed by atoms with Crippen molar-refractivity contribution in [1.29, 1.82) is 10.8 Å². The molecule has 9 nitrogen and oxygen atoms in total. The highest BCUT2D eigenvalue weighted by Crippen LogP contribution is 2.27. The van der Waals surface area contributed by atoms with Crippen molar-refractivity contribution in [3.8, 4) is 0 Å². The molecule has 4 rings (SSSR count). The van der Waals surface area contributed by atoms with E-state index in [1.807, 2.05) is 35.2 Å². The van der Waals surface area contributed by atoms with Gasteiger partial charge in [0.05, 0.1) is 6.20 Å². The number of nitrogens with two attached hydrogens (primary N) is 2. The molecule has 0 saturated carbocycles. The lowest BCUT2D eigenvalue weighted by molar-refractivity contribution is 0.103. The Morgan fingerprint density at radius 3 is 2.09 bits per heavy atom. The van der Waals surface area contributed by atoms with Crippen molar-refractivity contribution in [2.45, 2.75) is 12.8 Å². The standard InChI is InChI=1S/C22H26N8OS/c23-21(24)29-9-5-15(6-10-29)14-1-3-17(4-2-14)28-19(31)18-13-27-20(32-18)16-7-11-30(12-8-16)22(25)26/h1-5,7,13H,6,8-12H2,(H3,23,24)(H3,25,26)(H,28,31). The summed E-state index contributed by atoms with van der Waals surface area (Å²) in [5.74, 6) is -0.0111. The zero-order valence-electron chi connectivity index (χ0n) is 17.6. The van der Waals surface area contributed by atoms with Gasteiger partial charge in [-0.3, -0.25) is 15.6 Å². The van der Waals surface area contributed by atoms with Gasteiger partial charge in [-0.2, -0.15) is 0 Å². The molecule has 32 heavy (non-hydrogen) atoms. The van der Waals surface area contributed by atoms with Crippen molar-refractivity contribution in [3.63, 3.8) is 0 Å². The van der Waals surface area contributed by atoms with E-state index in [-0.39, 0.29) is 17.8 Å². The van der Waals surface area contributed by atoms with Gasteiger partial charge >= 0.3 is 0 Å². The summed E-state index contributed by atoms with van der Waals surface area (Å²) >= 11 is 1.37. The van der Waals surface area contributed by atoms with Gasteiger partial charge in [-0.1, -0.05) is 24.3 Å². The molecule has 0 saturated heterocycles. The topological polar surface area (TPSA) is 148 Å². The fourth-order valence-electron chi connectivity index (χ4n) is 3.72. The molecule has 0 spiro atoms. The zero-order valence-corrected chi connectivity index (χ0v) is 18.4. The van der Waals surface area contributed by atoms with Crippen LogP contribution in [-0.2, 0) is 0 Å². The fourth-order valence-corrected chi connectivity index (χ4v) is 4.60. The van der Waals surface area contributed by atoms with E-state index in [9.17, 15) is 4.79 Å². The van der Waals surface area contributed by atoms with E-state index >= 15 is 0 Å². The van der Waals surface area contributed by atoms with Crippen LogP contribution in [0.2, 0.25) is 0 Å². The molecule has 1 amide bonds. The number of amides is 1. The summed E-state index contributed by atoms with van der Waals surface area (Å²) in [4.78, 5) is 21.3. The number of nitrogens with one attached hydrogen (secondary N) is 3. The summed E-state index contributed by atoms with van der Waals surface area (Å²) in [6, 6.07) is 7.79. The van der Waals surface area contributed by atoms with Crippen molar-refractivity contribution in [2.24, 2.45) is 11.5 Å². The van der Waals surface area contributed by atoms with Crippen molar-refractivity contribution < 1.29 is 4.79 Å². The highest BCUT2D eigenvalue weighted by molar-refractivity contribution is 7.14. The maximum atomic E-state index is 12.7. The Bertz CT molecular complexity index is 1100. The van der Waals surface area contributed by atoms with Gasteiger partial charge in [-0.05, 0) is 41.7 Å². The zero-order chi connectivity index (χ0) is 22.7. The molecule has 2 aliphatic heterocycles. The summed E-state index contributed by atoms with van der Waals surface area (Å²) in [7, 11) is 0. The second-order valence-electron chi connectivity index (χ2n) is 7.68. The van der Waals surface area contributed by atoms with E-state index in [1.54, 1.807) is 11.1 Å². The minimum Gasteiger partial charge on any atom is -0.370 e. The van der Waals surface area contributed by atoms with Crippen LogP contribution in [0.5, 0.6) is 0 Å². The fraction of sp³-hybridized carbons (Fsp3) is 0.273. The van der Waals surface area contributed by atoms with Gasteiger partial charge in [0.15, 0.2) is 11.9 Å². The number of aromatic nitrogens is 1. The Hall–Kier alpha value is -3.66. The number of carbonyl (C=O) groups excluding carboxylic acids is 1. The van der Waals surface area contributed by atoms with Crippen molar-refractivity contribution in [1.82, 2.24) is 14.8 Å². The highest BCUT2D eigenvalue weighted by Gasteiger charge is 2.18. The molecule has 0 atom stereocenters. The van der Waals surface area contributed by atoms with Crippen LogP contribution in [0.1, 0.15) is 33.1 Å². The minimum absolute atomic E-state index is 0.0725. The molecule has 0 unspecified atom stereocenters. The maximum absolute atomic E-state index is 12.7. The van der Waals surface area contributed by atoms with Gasteiger partial charge in [-0.15, -0.1) is 11.3 Å². The lowest BCUT2D eigenvalue weighted by atomic mass is 9.99. The Labute approximate surface area is 190 Å². The quantitative estimate of drug-likeness (QED) is 0.357. The molecule has 166 valence electrons. The number of hydrogen-bond acceptors (Lipinski definition) is 5. The molecule has 2 aromatic rings. The van der Waals surface area contributed by atoms with Crippen LogP contribution in [0.15, 0.2) is 42.6 Å². The number of nitrogens with zero attached hydrogens (tertiary/aromatic N) is 3. The predicted octanol–water partition coefficient (Wildman–Crippen LogP) is 2.36. The van der Waals surface area contributed by atoms with E-state index in [1.165, 1.54) is 16.9 Å². The average Bonchev–Trinajstić information content (AvgIpc) is 3.30. The number of rotatable bonds is 4. The van der Waals surface area contributed by atoms with Gasteiger partial charge < -0.3 is 26.6 Å². The first-order valence-electron chi connectivity index (χ1n) is 10.3. The molecule has 10 heteroatoms. The Kier molecular flexibility index (Phi) is 6.22. The summed E-state index contributed by atoms with van der Waals surface area (Å²) in [6.07, 6.45) is 7.28. The molecular weight excluding hydrogens is 424 g/mol. The lowest BCUT2D eigenvalue weighted by Gasteiger charge is -2.26. The highest BCUT2D eigenvalue weighted by atomic mass is 32.1. The monoisotopic (exact) mass is 450 g/mol. The van der Waals surface area contributed by atoms with Gasteiger partial charge in [0.25, 0.3) is 5.91 Å². The summed E-state index contributed by atoms with van der Waals surface area (Å²) in [5, 5.41) is 18.8. The minimum atomic E-state index is -0.183. The van der Waals surface area contributed by atoms with Crippen LogP contribution < -0.4 is 16.8 Å². The van der Waals surface area contributed by atoms with Crippen LogP contribution in [-0.4, -0.2) is 58.8 Å². The second-order valence-corrected chi connectivity index (χ2v) is 8.71. The first kappa shape index (κ1) is 21.6. The lowest BCUT2D eigenvalue weighted by Crippen LogP contribution is -2.39. The summed E-state index contributed by atoms with van der Waals surface area (Å²) in [6.45, 7) is 2.63. The van der Waals surface area contributed by atoms with Gasteiger partial charge in [0, 0.05) is 31.9 Å². The van der Waals surface area contributed by atoms with Crippen LogP contribution >= 0.6 is 11.3 Å². The molecular formula is C22H26N8OS. The van der Waals surface area contributed by atoms with Crippen molar-refractivity contribution >= 4 is 46.0 Å². The third-order valence-corrected chi connectivity index (χ3v) is 6.69. The third kappa shape index (κ3) is 4.80. The van der Waals surface area contributed by atoms with Crippen LogP contribution in [0.4, 0.5) is 5.69 Å². The number of benzene rings is 1. The number of anilines is 1. The Balaban J connectivity index is 1.37. The first-order chi connectivity index (χ1) is 15.4. The molecule has 0 fully saturated rings. The van der Waals surface area contributed by atoms with Crippen LogP contribution in [0.3, 0.4) is 0 Å². The Morgan fingerprint density at radius 1 is 0.969 bits per heavy atom. The number of thiazole rings is 1. The van der Waals surface area contributed by atoms with E-state index in [4.69, 9.17) is 22.3 Å². The Morgan fingerprint density at radius 2 is 1.56 bits per heavy atom. The SMILES string of the molecule is N=C(N)N1CC=C(c2ccc(NC(=O)c3cnc(C4=CCN(C(=N)N)CC4)s3)cc2)CC1. The van der Waals surface area contributed by atoms with Gasteiger partial charge in [-0.25, -0.2) is 4.98 Å². The van der Waals surface area contributed by atoms with E-state index in [2.05, 4.69) is 16.4 Å². The molecule has 0 bridgehead atoms. The van der Waals surface area contributed by atoms with E-state index < -0.39 is 0 Å². The third-order valence-electron chi connectivity index (χ3n) is 5.62. The average molecular weight is 451 g/mol. The molecule has 7 N–H and O–H groups in total. The molecule has 1 aromatic carbocycles. The van der Waals surface area contributed by atoms with Crippen molar-refractivity contribution in [2.75, 3.05) is 31.5 Å². The van der Waals surface area contributed by atoms with E-state index in [0.29, 0.717) is 24.5 Å². The number of hydrogen-bond donors (Lipinski definition) is 5. The first-order valence-corrected chi connectivity index (χ1v) is 11.2. The van der Waals surface area contributed by atoms with Gasteiger partial charge in [0.2, 0.25) is 0 Å². The van der Waals surface area contributed by atoms with Crippen LogP contribution in [0.25, 0.3) is 11.1 Å². The van der Waals surface area contributed by atoms with Crippen LogP contribution in [0, 0.1) is 10.8 Å². The van der Waals surface area contributed by atoms with E-state index in [0.717, 1.165) is 41.2 Å².